The van der Waals surface area contributed by atoms with E-state index in [1.54, 1.807) is 0 Å². The van der Waals surface area contributed by atoms with Crippen LogP contribution in [0.15, 0.2) is 0 Å². The normalized spacial score (nSPS) is 24.7. The average molecular weight is 379 g/mol. The molecular weight excluding hydrogens is 344 g/mol. The van der Waals surface area contributed by atoms with Gasteiger partial charge < -0.3 is 18.0 Å². The lowest BCUT2D eigenvalue weighted by Gasteiger charge is -2.35. The minimum Gasteiger partial charge on any atom is -0.457 e. The van der Waals surface area contributed by atoms with Crippen molar-refractivity contribution in [2.45, 2.75) is 83.7 Å². The minimum absolute atomic E-state index is 0.199. The fraction of sp³-hybridized carbons (Fsp3) is 0.933. The summed E-state index contributed by atoms with van der Waals surface area (Å²) in [5.74, 6) is -0.199. The van der Waals surface area contributed by atoms with Gasteiger partial charge in [-0.05, 0) is 58.9 Å². The number of hydrogen-bond acceptors (Lipinski definition) is 5. The third-order valence-corrected chi connectivity index (χ3v) is 6.11. The maximum Gasteiger partial charge on any atom is 0.308 e. The molecule has 5 nitrogen and oxygen atoms in total. The molecule has 1 saturated heterocycles. The first kappa shape index (κ1) is 21.0. The first-order chi connectivity index (χ1) is 10.2. The van der Waals surface area contributed by atoms with Gasteiger partial charge in [0.05, 0.1) is 19.1 Å². The van der Waals surface area contributed by atoms with Crippen LogP contribution in [-0.4, -0.2) is 55.8 Å². The van der Waals surface area contributed by atoms with Crippen LogP contribution in [0.2, 0.25) is 58.9 Å². The van der Waals surface area contributed by atoms with Crippen molar-refractivity contribution in [3.63, 3.8) is 0 Å². The van der Waals surface area contributed by atoms with E-state index >= 15 is 0 Å². The number of rotatable bonds is 8. The first-order valence-corrected chi connectivity index (χ1v) is 18.6. The van der Waals surface area contributed by atoms with Gasteiger partial charge >= 0.3 is 5.97 Å². The molecule has 1 fully saturated rings. The molecule has 0 bridgehead atoms. The average Bonchev–Trinajstić information content (AvgIpc) is 2.60. The Kier molecular flexibility index (Phi) is 6.85. The highest BCUT2D eigenvalue weighted by Crippen LogP contribution is 2.28. The molecule has 0 aromatic carbocycles. The van der Waals surface area contributed by atoms with Crippen LogP contribution in [0.3, 0.4) is 0 Å². The van der Waals surface area contributed by atoms with Crippen LogP contribution in [0, 0.1) is 0 Å². The van der Waals surface area contributed by atoms with Gasteiger partial charge in [-0.15, -0.1) is 0 Å². The molecule has 1 aliphatic rings. The Hall–Kier alpha value is 0.000649. The Morgan fingerprint density at radius 3 is 2.00 bits per heavy atom. The second kappa shape index (κ2) is 7.49. The van der Waals surface area contributed by atoms with Gasteiger partial charge in [0, 0.05) is 0 Å². The zero-order valence-electron chi connectivity index (χ0n) is 16.2. The van der Waals surface area contributed by atoms with E-state index in [2.05, 4.69) is 58.9 Å². The van der Waals surface area contributed by atoms with Crippen molar-refractivity contribution in [3.05, 3.63) is 0 Å². The van der Waals surface area contributed by atoms with E-state index in [9.17, 15) is 4.79 Å². The van der Waals surface area contributed by atoms with E-state index < -0.39 is 25.0 Å². The maximum atomic E-state index is 11.9. The molecule has 1 aliphatic heterocycles. The van der Waals surface area contributed by atoms with Crippen molar-refractivity contribution in [2.24, 2.45) is 0 Å². The Morgan fingerprint density at radius 2 is 1.57 bits per heavy atom. The van der Waals surface area contributed by atoms with Crippen molar-refractivity contribution in [1.82, 2.24) is 0 Å². The largest absolute Gasteiger partial charge is 0.457 e. The van der Waals surface area contributed by atoms with Gasteiger partial charge in [-0.3, -0.25) is 4.79 Å². The molecule has 0 radical (unpaired) electrons. The molecule has 3 atom stereocenters. The van der Waals surface area contributed by atoms with Gasteiger partial charge in [-0.1, -0.05) is 0 Å². The van der Waals surface area contributed by atoms with Crippen molar-refractivity contribution in [2.75, 3.05) is 6.61 Å². The summed E-state index contributed by atoms with van der Waals surface area (Å²) in [5, 5.41) is 0. The Balaban J connectivity index is 2.90. The lowest BCUT2D eigenvalue weighted by molar-refractivity contribution is -0.146. The molecule has 136 valence electrons. The summed E-state index contributed by atoms with van der Waals surface area (Å²) >= 11 is 0. The SMILES string of the molecule is C[Si](C)(C)OC[C@H](O[Si](C)(C)C)[C@H]1OC(=O)C[C@@H]1O[Si](C)(C)C. The minimum atomic E-state index is -1.79. The van der Waals surface area contributed by atoms with E-state index in [0.29, 0.717) is 13.0 Å². The van der Waals surface area contributed by atoms with Gasteiger partial charge in [0.2, 0.25) is 0 Å². The molecule has 8 heteroatoms. The van der Waals surface area contributed by atoms with Crippen molar-refractivity contribution in [1.29, 1.82) is 0 Å². The van der Waals surface area contributed by atoms with E-state index in [4.69, 9.17) is 18.0 Å². The Morgan fingerprint density at radius 1 is 1.00 bits per heavy atom. The molecule has 0 amide bonds. The Labute approximate surface area is 144 Å². The summed E-state index contributed by atoms with van der Waals surface area (Å²) in [4.78, 5) is 11.9. The molecule has 0 unspecified atom stereocenters. The summed E-state index contributed by atoms with van der Waals surface area (Å²) in [6.07, 6.45) is -0.521. The van der Waals surface area contributed by atoms with E-state index in [-0.39, 0.29) is 24.3 Å². The number of carbonyl (C=O) groups is 1. The summed E-state index contributed by atoms with van der Waals surface area (Å²) in [6.45, 7) is 19.7. The third-order valence-electron chi connectivity index (χ3n) is 3.06. The quantitative estimate of drug-likeness (QED) is 0.477. The van der Waals surface area contributed by atoms with Gasteiger partial charge in [0.25, 0.3) is 0 Å². The monoisotopic (exact) mass is 378 g/mol. The van der Waals surface area contributed by atoms with Crippen LogP contribution in [0.1, 0.15) is 6.42 Å². The third kappa shape index (κ3) is 8.59. The molecule has 0 N–H and O–H groups in total. The molecule has 0 aromatic rings. The fourth-order valence-corrected chi connectivity index (χ4v) is 5.32. The van der Waals surface area contributed by atoms with Gasteiger partial charge in [-0.25, -0.2) is 0 Å². The number of ether oxygens (including phenoxy) is 1. The van der Waals surface area contributed by atoms with Crippen LogP contribution in [0.25, 0.3) is 0 Å². The van der Waals surface area contributed by atoms with Crippen molar-refractivity contribution in [3.8, 4) is 0 Å². The predicted octanol–water partition coefficient (Wildman–Crippen LogP) is 3.59. The summed E-state index contributed by atoms with van der Waals surface area (Å²) in [6, 6.07) is 0. The zero-order valence-corrected chi connectivity index (χ0v) is 19.2. The highest BCUT2D eigenvalue weighted by molar-refractivity contribution is 6.70. The first-order valence-electron chi connectivity index (χ1n) is 8.35. The number of esters is 1. The van der Waals surface area contributed by atoms with Gasteiger partial charge in [0.1, 0.15) is 6.10 Å². The molecule has 0 aliphatic carbocycles. The number of cyclic esters (lactones) is 1. The van der Waals surface area contributed by atoms with Crippen molar-refractivity contribution < 1.29 is 22.8 Å². The van der Waals surface area contributed by atoms with E-state index in [1.165, 1.54) is 0 Å². The van der Waals surface area contributed by atoms with Crippen LogP contribution < -0.4 is 0 Å². The summed E-state index contributed by atoms with van der Waals surface area (Å²) < 4.78 is 24.1. The van der Waals surface area contributed by atoms with E-state index in [1.807, 2.05) is 0 Å². The lowest BCUT2D eigenvalue weighted by Crippen LogP contribution is -2.49. The lowest BCUT2D eigenvalue weighted by atomic mass is 10.1. The molecule has 0 aromatic heterocycles. The molecule has 23 heavy (non-hydrogen) atoms. The van der Waals surface area contributed by atoms with Crippen LogP contribution in [-0.2, 0) is 22.8 Å². The summed E-state index contributed by atoms with van der Waals surface area (Å²) in [5.41, 5.74) is 0. The number of hydrogen-bond donors (Lipinski definition) is 0. The van der Waals surface area contributed by atoms with Crippen LogP contribution in [0.5, 0.6) is 0 Å². The Bertz CT molecular complexity index is 409. The molecule has 1 rings (SSSR count). The maximum absolute atomic E-state index is 11.9. The second-order valence-corrected chi connectivity index (χ2v) is 22.6. The second-order valence-electron chi connectivity index (χ2n) is 9.12. The topological polar surface area (TPSA) is 54.0 Å². The fourth-order valence-electron chi connectivity index (χ4n) is 2.42. The predicted molar refractivity (Wildman–Crippen MR) is 100 cm³/mol. The van der Waals surface area contributed by atoms with E-state index in [0.717, 1.165) is 0 Å². The highest BCUT2D eigenvalue weighted by Gasteiger charge is 2.45. The summed E-state index contributed by atoms with van der Waals surface area (Å²) in [7, 11) is -5.23. The molecule has 1 heterocycles. The van der Waals surface area contributed by atoms with Gasteiger partial charge in [0.15, 0.2) is 31.1 Å². The highest BCUT2D eigenvalue weighted by atomic mass is 28.4. The molecule has 0 spiro atoms. The van der Waals surface area contributed by atoms with Crippen molar-refractivity contribution >= 4 is 30.9 Å². The van der Waals surface area contributed by atoms with Gasteiger partial charge in [-0.2, -0.15) is 0 Å². The standard InChI is InChI=1S/C15H34O5Si3/c1-21(2,3)17-11-13(20-23(7,8)9)15-12(10-14(16)18-15)19-22(4,5)6/h12-13,15H,10-11H2,1-9H3/t12-,13-,15-/m0/s1. The molecule has 0 saturated carbocycles. The van der Waals surface area contributed by atoms with Crippen LogP contribution in [0.4, 0.5) is 0 Å². The van der Waals surface area contributed by atoms with Crippen LogP contribution >= 0.6 is 0 Å². The molecular formula is C15H34O5Si3. The smallest absolute Gasteiger partial charge is 0.308 e. The number of carbonyl (C=O) groups excluding carboxylic acids is 1. The zero-order chi connectivity index (χ0) is 18.1.